The number of likely N-dealkylation sites (tertiary alicyclic amines) is 1. The van der Waals surface area contributed by atoms with Gasteiger partial charge in [-0.3, -0.25) is 4.90 Å². The van der Waals surface area contributed by atoms with Crippen LogP contribution in [0.1, 0.15) is 46.5 Å². The van der Waals surface area contributed by atoms with Crippen molar-refractivity contribution in [2.45, 2.75) is 58.0 Å². The largest absolute Gasteiger partial charge is 0.329 e. The molecule has 0 amide bonds. The predicted octanol–water partition coefficient (Wildman–Crippen LogP) is 1.92. The number of hydrogen-bond acceptors (Lipinski definition) is 3. The van der Waals surface area contributed by atoms with Gasteiger partial charge in [0.1, 0.15) is 0 Å². The Morgan fingerprint density at radius 1 is 1.41 bits per heavy atom. The molecule has 1 saturated heterocycles. The summed E-state index contributed by atoms with van der Waals surface area (Å²) in [5.41, 5.74) is 6.39. The molecule has 0 aromatic rings. The summed E-state index contributed by atoms with van der Waals surface area (Å²) in [5.74, 6) is 0. The smallest absolute Gasteiger partial charge is 0.0358 e. The van der Waals surface area contributed by atoms with Gasteiger partial charge in [0.05, 0.1) is 0 Å². The van der Waals surface area contributed by atoms with Gasteiger partial charge in [-0.15, -0.1) is 0 Å². The summed E-state index contributed by atoms with van der Waals surface area (Å²) in [6, 6.07) is 0.656. The van der Waals surface area contributed by atoms with E-state index in [4.69, 9.17) is 5.73 Å². The van der Waals surface area contributed by atoms with Crippen molar-refractivity contribution >= 4 is 0 Å². The fourth-order valence-corrected chi connectivity index (χ4v) is 3.09. The molecule has 3 nitrogen and oxygen atoms in total. The minimum atomic E-state index is 0.260. The topological polar surface area (TPSA) is 32.5 Å². The molecular weight excluding hydrogens is 210 g/mol. The highest BCUT2D eigenvalue weighted by Gasteiger charge is 2.39. The number of likely N-dealkylation sites (N-methyl/N-ethyl adjacent to an activating group) is 1. The molecule has 1 heterocycles. The lowest BCUT2D eigenvalue weighted by molar-refractivity contribution is 0.0127. The van der Waals surface area contributed by atoms with Gasteiger partial charge in [-0.1, -0.05) is 20.3 Å². The third-order valence-electron chi connectivity index (χ3n) is 4.57. The molecule has 2 N–H and O–H groups in total. The maximum Gasteiger partial charge on any atom is 0.0358 e. The molecular formula is C14H31N3. The molecule has 2 atom stereocenters. The van der Waals surface area contributed by atoms with Crippen molar-refractivity contribution in [3.8, 4) is 0 Å². The van der Waals surface area contributed by atoms with E-state index < -0.39 is 0 Å². The van der Waals surface area contributed by atoms with Crippen molar-refractivity contribution in [1.82, 2.24) is 9.80 Å². The van der Waals surface area contributed by atoms with Crippen LogP contribution < -0.4 is 5.73 Å². The summed E-state index contributed by atoms with van der Waals surface area (Å²) >= 11 is 0. The van der Waals surface area contributed by atoms with Gasteiger partial charge in [0.25, 0.3) is 0 Å². The summed E-state index contributed by atoms with van der Waals surface area (Å²) in [4.78, 5) is 5.10. The summed E-state index contributed by atoms with van der Waals surface area (Å²) in [6.45, 7) is 11.2. The van der Waals surface area contributed by atoms with Crippen LogP contribution in [-0.4, -0.2) is 54.6 Å². The Hall–Kier alpha value is -0.120. The predicted molar refractivity (Wildman–Crippen MR) is 75.3 cm³/mol. The van der Waals surface area contributed by atoms with Crippen molar-refractivity contribution in [1.29, 1.82) is 0 Å². The lowest BCUT2D eigenvalue weighted by atomic mass is 9.82. The summed E-state index contributed by atoms with van der Waals surface area (Å²) in [5, 5.41) is 0. The van der Waals surface area contributed by atoms with E-state index in [2.05, 4.69) is 37.6 Å². The first-order valence-corrected chi connectivity index (χ1v) is 7.25. The average molecular weight is 241 g/mol. The van der Waals surface area contributed by atoms with Crippen molar-refractivity contribution in [2.75, 3.05) is 33.2 Å². The van der Waals surface area contributed by atoms with Gasteiger partial charge in [0.15, 0.2) is 0 Å². The lowest BCUT2D eigenvalue weighted by Gasteiger charge is -2.50. The van der Waals surface area contributed by atoms with E-state index >= 15 is 0 Å². The van der Waals surface area contributed by atoms with E-state index in [0.717, 1.165) is 13.1 Å². The second-order valence-electron chi connectivity index (χ2n) is 5.65. The van der Waals surface area contributed by atoms with Gasteiger partial charge in [-0.05, 0) is 52.9 Å². The first-order valence-electron chi connectivity index (χ1n) is 7.25. The Morgan fingerprint density at radius 2 is 2.12 bits per heavy atom. The molecule has 17 heavy (non-hydrogen) atoms. The number of unbranched alkanes of at least 4 members (excludes halogenated alkanes) is 1. The van der Waals surface area contributed by atoms with Crippen molar-refractivity contribution < 1.29 is 0 Å². The van der Waals surface area contributed by atoms with E-state index in [1.165, 1.54) is 38.8 Å². The van der Waals surface area contributed by atoms with Crippen LogP contribution >= 0.6 is 0 Å². The number of piperidine rings is 1. The Bertz CT molecular complexity index is 220. The maximum atomic E-state index is 6.13. The van der Waals surface area contributed by atoms with E-state index in [1.807, 2.05) is 0 Å². The zero-order valence-corrected chi connectivity index (χ0v) is 12.2. The van der Waals surface area contributed by atoms with Gasteiger partial charge in [0, 0.05) is 18.1 Å². The molecule has 1 rings (SSSR count). The SMILES string of the molecule is CCCCN(CC)C1(CN)CCN(C)C(C)C1. The fraction of sp³-hybridized carbons (Fsp3) is 1.00. The second-order valence-corrected chi connectivity index (χ2v) is 5.65. The van der Waals surface area contributed by atoms with Crippen LogP contribution in [0.3, 0.4) is 0 Å². The molecule has 102 valence electrons. The average Bonchev–Trinajstić information content (AvgIpc) is 2.34. The van der Waals surface area contributed by atoms with Gasteiger partial charge >= 0.3 is 0 Å². The Balaban J connectivity index is 2.71. The zero-order valence-electron chi connectivity index (χ0n) is 12.2. The van der Waals surface area contributed by atoms with Gasteiger partial charge in [0.2, 0.25) is 0 Å². The molecule has 0 spiro atoms. The summed E-state index contributed by atoms with van der Waals surface area (Å²) in [6.07, 6.45) is 5.01. The molecule has 0 aliphatic carbocycles. The molecule has 0 aromatic heterocycles. The number of nitrogens with two attached hydrogens (primary N) is 1. The Morgan fingerprint density at radius 3 is 2.59 bits per heavy atom. The summed E-state index contributed by atoms with van der Waals surface area (Å²) in [7, 11) is 2.23. The van der Waals surface area contributed by atoms with Crippen LogP contribution in [0.2, 0.25) is 0 Å². The zero-order chi connectivity index (χ0) is 12.9. The monoisotopic (exact) mass is 241 g/mol. The molecule has 1 fully saturated rings. The Kier molecular flexibility index (Phi) is 5.90. The van der Waals surface area contributed by atoms with Crippen LogP contribution in [0, 0.1) is 0 Å². The van der Waals surface area contributed by atoms with Crippen molar-refractivity contribution in [3.63, 3.8) is 0 Å². The van der Waals surface area contributed by atoms with Crippen LogP contribution in [0.4, 0.5) is 0 Å². The van der Waals surface area contributed by atoms with Gasteiger partial charge in [-0.2, -0.15) is 0 Å². The van der Waals surface area contributed by atoms with Crippen LogP contribution in [-0.2, 0) is 0 Å². The number of rotatable bonds is 6. The second kappa shape index (κ2) is 6.72. The van der Waals surface area contributed by atoms with E-state index in [1.54, 1.807) is 0 Å². The molecule has 0 bridgehead atoms. The molecule has 0 radical (unpaired) electrons. The highest BCUT2D eigenvalue weighted by Crippen LogP contribution is 2.31. The molecule has 0 saturated carbocycles. The molecule has 1 aliphatic rings. The molecule has 3 heteroatoms. The minimum Gasteiger partial charge on any atom is -0.329 e. The van der Waals surface area contributed by atoms with Gasteiger partial charge < -0.3 is 10.6 Å². The lowest BCUT2D eigenvalue weighted by Crippen LogP contribution is -2.61. The molecule has 2 unspecified atom stereocenters. The number of hydrogen-bond donors (Lipinski definition) is 1. The van der Waals surface area contributed by atoms with Crippen LogP contribution in [0.15, 0.2) is 0 Å². The quantitative estimate of drug-likeness (QED) is 0.771. The van der Waals surface area contributed by atoms with Gasteiger partial charge in [-0.25, -0.2) is 0 Å². The highest BCUT2D eigenvalue weighted by molar-refractivity contribution is 4.98. The van der Waals surface area contributed by atoms with E-state index in [9.17, 15) is 0 Å². The standard InChI is InChI=1S/C14H31N3/c1-5-7-9-17(6-2)14(12-15)8-10-16(4)13(3)11-14/h13H,5-12,15H2,1-4H3. The minimum absolute atomic E-state index is 0.260. The van der Waals surface area contributed by atoms with E-state index in [0.29, 0.717) is 6.04 Å². The van der Waals surface area contributed by atoms with Crippen LogP contribution in [0.5, 0.6) is 0 Å². The van der Waals surface area contributed by atoms with Crippen molar-refractivity contribution in [2.24, 2.45) is 5.73 Å². The molecule has 0 aromatic carbocycles. The maximum absolute atomic E-state index is 6.13. The normalized spacial score (nSPS) is 31.1. The first-order chi connectivity index (χ1) is 8.09. The third kappa shape index (κ3) is 3.43. The van der Waals surface area contributed by atoms with Crippen molar-refractivity contribution in [3.05, 3.63) is 0 Å². The van der Waals surface area contributed by atoms with E-state index in [-0.39, 0.29) is 5.54 Å². The summed E-state index contributed by atoms with van der Waals surface area (Å²) < 4.78 is 0. The molecule has 1 aliphatic heterocycles. The third-order valence-corrected chi connectivity index (χ3v) is 4.57. The Labute approximate surface area is 107 Å². The number of nitrogens with zero attached hydrogens (tertiary/aromatic N) is 2. The highest BCUT2D eigenvalue weighted by atomic mass is 15.2. The van der Waals surface area contributed by atoms with Crippen LogP contribution in [0.25, 0.3) is 0 Å². The fourth-order valence-electron chi connectivity index (χ4n) is 3.09. The first kappa shape index (κ1) is 14.9.